The Kier molecular flexibility index (Phi) is 7.00. The predicted molar refractivity (Wildman–Crippen MR) is 131 cm³/mol. The maximum Gasteiger partial charge on any atom is 0.251 e. The minimum Gasteiger partial charge on any atom is -0.352 e. The highest BCUT2D eigenvalue weighted by atomic mass is 16.1. The number of aromatic nitrogens is 2. The van der Waals surface area contributed by atoms with Gasteiger partial charge in [-0.25, -0.2) is 4.98 Å². The molecule has 32 heavy (non-hydrogen) atoms. The average molecular weight is 426 g/mol. The predicted octanol–water partition coefficient (Wildman–Crippen LogP) is 5.96. The molecule has 1 N–H and O–H groups in total. The van der Waals surface area contributed by atoms with Crippen LogP contribution in [0, 0.1) is 0 Å². The summed E-state index contributed by atoms with van der Waals surface area (Å²) in [5.41, 5.74) is 5.54. The molecule has 0 saturated carbocycles. The lowest BCUT2D eigenvalue weighted by Crippen LogP contribution is -2.24. The second-order valence-electron chi connectivity index (χ2n) is 8.38. The molecule has 164 valence electrons. The summed E-state index contributed by atoms with van der Waals surface area (Å²) in [6, 6.07) is 26.6. The first kappa shape index (κ1) is 21.8. The lowest BCUT2D eigenvalue weighted by Gasteiger charge is -2.12. The molecule has 0 bridgehead atoms. The number of para-hydroxylation sites is 2. The highest BCUT2D eigenvalue weighted by molar-refractivity contribution is 5.94. The van der Waals surface area contributed by atoms with E-state index in [0.717, 1.165) is 42.7 Å². The first-order chi connectivity index (χ1) is 15.7. The van der Waals surface area contributed by atoms with Gasteiger partial charge in [0.2, 0.25) is 0 Å². The molecule has 0 spiro atoms. The van der Waals surface area contributed by atoms with Crippen molar-refractivity contribution in [2.45, 2.75) is 45.6 Å². The summed E-state index contributed by atoms with van der Waals surface area (Å²) < 4.78 is 2.31. The van der Waals surface area contributed by atoms with E-state index < -0.39 is 0 Å². The second-order valence-corrected chi connectivity index (χ2v) is 8.38. The van der Waals surface area contributed by atoms with Gasteiger partial charge in [0, 0.05) is 25.1 Å². The molecule has 1 aromatic heterocycles. The van der Waals surface area contributed by atoms with E-state index in [4.69, 9.17) is 4.98 Å². The summed E-state index contributed by atoms with van der Waals surface area (Å²) in [6.07, 6.45) is 2.81. The first-order valence-electron chi connectivity index (χ1n) is 11.5. The molecule has 1 heterocycles. The summed E-state index contributed by atoms with van der Waals surface area (Å²) in [4.78, 5) is 17.2. The Morgan fingerprint density at radius 2 is 1.69 bits per heavy atom. The lowest BCUT2D eigenvalue weighted by atomic mass is 9.97. The number of imidazole rings is 1. The van der Waals surface area contributed by atoms with Crippen molar-refractivity contribution < 1.29 is 4.79 Å². The molecule has 4 aromatic rings. The highest BCUT2D eigenvalue weighted by Gasteiger charge is 2.12. The summed E-state index contributed by atoms with van der Waals surface area (Å²) in [7, 11) is 0. The van der Waals surface area contributed by atoms with Crippen LogP contribution in [0.4, 0.5) is 0 Å². The average Bonchev–Trinajstić information content (AvgIpc) is 3.19. The van der Waals surface area contributed by atoms with Gasteiger partial charge in [-0.2, -0.15) is 0 Å². The van der Waals surface area contributed by atoms with Crippen LogP contribution in [0.5, 0.6) is 0 Å². The molecule has 0 fully saturated rings. The van der Waals surface area contributed by atoms with Gasteiger partial charge in [0.25, 0.3) is 5.91 Å². The molecule has 3 aromatic carbocycles. The Morgan fingerprint density at radius 3 is 2.44 bits per heavy atom. The maximum absolute atomic E-state index is 12.3. The highest BCUT2D eigenvalue weighted by Crippen LogP contribution is 2.22. The Bertz CT molecular complexity index is 1160. The molecule has 0 aliphatic heterocycles. The molecule has 4 rings (SSSR count). The summed E-state index contributed by atoms with van der Waals surface area (Å²) in [6.45, 7) is 5.92. The van der Waals surface area contributed by atoms with Crippen LogP contribution in [0.3, 0.4) is 0 Å². The van der Waals surface area contributed by atoms with Crippen molar-refractivity contribution in [2.75, 3.05) is 6.54 Å². The van der Waals surface area contributed by atoms with Crippen LogP contribution in [0.1, 0.15) is 59.9 Å². The molecule has 4 heteroatoms. The topological polar surface area (TPSA) is 46.9 Å². The number of nitrogens with zero attached hydrogens (tertiary/aromatic N) is 2. The largest absolute Gasteiger partial charge is 0.352 e. The van der Waals surface area contributed by atoms with Crippen LogP contribution < -0.4 is 5.32 Å². The van der Waals surface area contributed by atoms with Gasteiger partial charge in [-0.05, 0) is 54.2 Å². The van der Waals surface area contributed by atoms with E-state index in [0.29, 0.717) is 18.0 Å². The Balaban J connectivity index is 1.45. The molecule has 1 unspecified atom stereocenters. The van der Waals surface area contributed by atoms with Crippen LogP contribution in [-0.2, 0) is 13.0 Å². The van der Waals surface area contributed by atoms with Crippen molar-refractivity contribution in [3.8, 4) is 0 Å². The zero-order chi connectivity index (χ0) is 22.3. The van der Waals surface area contributed by atoms with Gasteiger partial charge in [-0.15, -0.1) is 0 Å². The van der Waals surface area contributed by atoms with Crippen molar-refractivity contribution in [1.29, 1.82) is 0 Å². The van der Waals surface area contributed by atoms with E-state index in [9.17, 15) is 4.79 Å². The van der Waals surface area contributed by atoms with Gasteiger partial charge in [-0.3, -0.25) is 4.79 Å². The fourth-order valence-electron chi connectivity index (χ4n) is 4.00. The van der Waals surface area contributed by atoms with E-state index >= 15 is 0 Å². The number of carbonyl (C=O) groups excluding carboxylic acids is 1. The van der Waals surface area contributed by atoms with Crippen LogP contribution in [-0.4, -0.2) is 22.0 Å². The van der Waals surface area contributed by atoms with Crippen LogP contribution in [0.2, 0.25) is 0 Å². The molecule has 0 saturated heterocycles. The molecule has 0 aliphatic carbocycles. The molecule has 0 aliphatic rings. The van der Waals surface area contributed by atoms with E-state index in [1.165, 1.54) is 11.1 Å². The SMILES string of the molecule is CCC(C)c1ccc(Cn2c(CCCNC(=O)c3ccccc3)nc3ccccc32)cc1. The fourth-order valence-corrected chi connectivity index (χ4v) is 4.00. The number of benzene rings is 3. The smallest absolute Gasteiger partial charge is 0.251 e. The van der Waals surface area contributed by atoms with Gasteiger partial charge in [0.05, 0.1) is 11.0 Å². The minimum atomic E-state index is -0.0273. The maximum atomic E-state index is 12.3. The van der Waals surface area contributed by atoms with Gasteiger partial charge in [-0.1, -0.05) is 68.4 Å². The number of carbonyl (C=O) groups is 1. The number of hydrogen-bond acceptors (Lipinski definition) is 2. The summed E-state index contributed by atoms with van der Waals surface area (Å²) in [5.74, 6) is 1.62. The van der Waals surface area contributed by atoms with Crippen LogP contribution in [0.25, 0.3) is 11.0 Å². The third-order valence-corrected chi connectivity index (χ3v) is 6.13. The monoisotopic (exact) mass is 425 g/mol. The van der Waals surface area contributed by atoms with E-state index in [-0.39, 0.29) is 5.91 Å². The van der Waals surface area contributed by atoms with Crippen molar-refractivity contribution >= 4 is 16.9 Å². The zero-order valence-corrected chi connectivity index (χ0v) is 18.9. The van der Waals surface area contributed by atoms with Gasteiger partial charge in [0.1, 0.15) is 5.82 Å². The van der Waals surface area contributed by atoms with E-state index in [2.05, 4.69) is 66.2 Å². The lowest BCUT2D eigenvalue weighted by molar-refractivity contribution is 0.0953. The zero-order valence-electron chi connectivity index (χ0n) is 18.9. The fraction of sp³-hybridized carbons (Fsp3) is 0.286. The molecular formula is C28H31N3O. The summed E-state index contributed by atoms with van der Waals surface area (Å²) in [5, 5.41) is 3.02. The van der Waals surface area contributed by atoms with Crippen LogP contribution >= 0.6 is 0 Å². The van der Waals surface area contributed by atoms with Crippen molar-refractivity contribution in [3.63, 3.8) is 0 Å². The van der Waals surface area contributed by atoms with Gasteiger partial charge in [0.15, 0.2) is 0 Å². The molecule has 1 amide bonds. The molecule has 0 radical (unpaired) electrons. The number of rotatable bonds is 9. The van der Waals surface area contributed by atoms with Gasteiger partial charge < -0.3 is 9.88 Å². The normalized spacial score (nSPS) is 12.1. The van der Waals surface area contributed by atoms with Gasteiger partial charge >= 0.3 is 0 Å². The first-order valence-corrected chi connectivity index (χ1v) is 11.5. The van der Waals surface area contributed by atoms with Crippen molar-refractivity contribution in [2.24, 2.45) is 0 Å². The number of amides is 1. The molecular weight excluding hydrogens is 394 g/mol. The van der Waals surface area contributed by atoms with Crippen LogP contribution in [0.15, 0.2) is 78.9 Å². The van der Waals surface area contributed by atoms with Crippen molar-refractivity contribution in [3.05, 3.63) is 101 Å². The Hall–Kier alpha value is -3.40. The standard InChI is InChI=1S/C28H31N3O/c1-3-21(2)23-17-15-22(16-18-23)20-31-26-13-8-7-12-25(26)30-27(31)14-9-19-29-28(32)24-10-5-4-6-11-24/h4-8,10-13,15-18,21H,3,9,14,19-20H2,1-2H3,(H,29,32). The van der Waals surface area contributed by atoms with E-state index in [1.54, 1.807) is 0 Å². The third-order valence-electron chi connectivity index (χ3n) is 6.13. The number of aryl methyl sites for hydroxylation is 1. The van der Waals surface area contributed by atoms with E-state index in [1.807, 2.05) is 36.4 Å². The quantitative estimate of drug-likeness (QED) is 0.336. The number of nitrogens with one attached hydrogen (secondary N) is 1. The Labute approximate surface area is 190 Å². The molecule has 4 nitrogen and oxygen atoms in total. The number of hydrogen-bond donors (Lipinski definition) is 1. The van der Waals surface area contributed by atoms with Crippen molar-refractivity contribution in [1.82, 2.24) is 14.9 Å². The second kappa shape index (κ2) is 10.3. The third kappa shape index (κ3) is 5.08. The summed E-state index contributed by atoms with van der Waals surface area (Å²) >= 11 is 0. The molecule has 1 atom stereocenters. The minimum absolute atomic E-state index is 0.0273. The Morgan fingerprint density at radius 1 is 0.969 bits per heavy atom. The number of fused-ring (bicyclic) bond motifs is 1.